The van der Waals surface area contributed by atoms with Gasteiger partial charge in [0.1, 0.15) is 0 Å². The first-order valence-corrected chi connectivity index (χ1v) is 9.59. The highest BCUT2D eigenvalue weighted by Crippen LogP contribution is 2.27. The number of carbonyl (C=O) groups excluding carboxylic acids is 1. The predicted molar refractivity (Wildman–Crippen MR) is 104 cm³/mol. The molecule has 0 bridgehead atoms. The van der Waals surface area contributed by atoms with Crippen LogP contribution >= 0.6 is 0 Å². The number of benzene rings is 1. The zero-order chi connectivity index (χ0) is 18.6. The van der Waals surface area contributed by atoms with Gasteiger partial charge in [-0.1, -0.05) is 23.8 Å². The fourth-order valence-electron chi connectivity index (χ4n) is 3.91. The van der Waals surface area contributed by atoms with Crippen molar-refractivity contribution in [3.05, 3.63) is 60.3 Å². The van der Waals surface area contributed by atoms with Crippen LogP contribution in [0.2, 0.25) is 0 Å². The van der Waals surface area contributed by atoms with E-state index in [1.165, 1.54) is 6.42 Å². The van der Waals surface area contributed by atoms with Gasteiger partial charge in [0, 0.05) is 37.1 Å². The summed E-state index contributed by atoms with van der Waals surface area (Å²) in [6.45, 7) is 3.74. The standard InChI is InChI=1S/C21H25N5O/c1-16-5-4-6-17(13-16)20-19(14-23-24-20)21(27)26-10-3-2-7-18(26)8-11-25-12-9-22-15-25/h4-6,9,12-15,18H,2-3,7-8,10-11H2,1H3,(H,23,24)/t18-/m1/s1. The van der Waals surface area contributed by atoms with Crippen molar-refractivity contribution in [2.75, 3.05) is 6.54 Å². The summed E-state index contributed by atoms with van der Waals surface area (Å²) in [7, 11) is 0. The number of amides is 1. The average Bonchev–Trinajstić information content (AvgIpc) is 3.38. The van der Waals surface area contributed by atoms with Crippen LogP contribution in [0.3, 0.4) is 0 Å². The van der Waals surface area contributed by atoms with Crippen LogP contribution in [0, 0.1) is 6.92 Å². The van der Waals surface area contributed by atoms with Gasteiger partial charge in [0.05, 0.1) is 23.8 Å². The monoisotopic (exact) mass is 363 g/mol. The van der Waals surface area contributed by atoms with Crippen molar-refractivity contribution in [3.8, 4) is 11.3 Å². The fourth-order valence-corrected chi connectivity index (χ4v) is 3.91. The van der Waals surface area contributed by atoms with E-state index in [1.807, 2.05) is 29.6 Å². The number of piperidine rings is 1. The Hall–Kier alpha value is -2.89. The SMILES string of the molecule is Cc1cccc(-c2[nH]ncc2C(=O)N2CCCC[C@@H]2CCn2ccnc2)c1. The van der Waals surface area contributed by atoms with E-state index in [1.54, 1.807) is 12.4 Å². The largest absolute Gasteiger partial charge is 0.337 e. The van der Waals surface area contributed by atoms with Crippen LogP contribution in [0.25, 0.3) is 11.3 Å². The summed E-state index contributed by atoms with van der Waals surface area (Å²) in [5, 5.41) is 7.20. The van der Waals surface area contributed by atoms with E-state index < -0.39 is 0 Å². The lowest BCUT2D eigenvalue weighted by molar-refractivity contribution is 0.0596. The zero-order valence-corrected chi connectivity index (χ0v) is 15.6. The summed E-state index contributed by atoms with van der Waals surface area (Å²) in [6, 6.07) is 8.42. The van der Waals surface area contributed by atoms with Crippen molar-refractivity contribution in [2.45, 2.75) is 45.2 Å². The number of aromatic nitrogens is 4. The second-order valence-electron chi connectivity index (χ2n) is 7.27. The Balaban J connectivity index is 1.55. The molecule has 6 heteroatoms. The molecule has 0 radical (unpaired) electrons. The maximum absolute atomic E-state index is 13.4. The summed E-state index contributed by atoms with van der Waals surface area (Å²) >= 11 is 0. The number of imidazole rings is 1. The minimum atomic E-state index is 0.0792. The third-order valence-corrected chi connectivity index (χ3v) is 5.34. The van der Waals surface area contributed by atoms with Crippen molar-refractivity contribution in [3.63, 3.8) is 0 Å². The van der Waals surface area contributed by atoms with Crippen molar-refractivity contribution >= 4 is 5.91 Å². The number of aryl methyl sites for hydroxylation is 2. The lowest BCUT2D eigenvalue weighted by atomic mass is 9.97. The number of hydrogen-bond acceptors (Lipinski definition) is 3. The molecule has 27 heavy (non-hydrogen) atoms. The van der Waals surface area contributed by atoms with Crippen LogP contribution in [0.5, 0.6) is 0 Å². The second-order valence-corrected chi connectivity index (χ2v) is 7.27. The Kier molecular flexibility index (Phi) is 5.05. The number of nitrogens with zero attached hydrogens (tertiary/aromatic N) is 4. The molecule has 2 aromatic heterocycles. The summed E-state index contributed by atoms with van der Waals surface area (Å²) in [5.74, 6) is 0.0792. The topological polar surface area (TPSA) is 66.8 Å². The molecule has 1 aromatic carbocycles. The smallest absolute Gasteiger partial charge is 0.257 e. The molecule has 1 amide bonds. The van der Waals surface area contributed by atoms with Crippen LogP contribution in [0.15, 0.2) is 49.2 Å². The molecule has 0 unspecified atom stereocenters. The Bertz CT molecular complexity index is 899. The lowest BCUT2D eigenvalue weighted by Crippen LogP contribution is -2.44. The molecule has 0 aliphatic carbocycles. The summed E-state index contributed by atoms with van der Waals surface area (Å²) in [5.41, 5.74) is 3.64. The highest BCUT2D eigenvalue weighted by Gasteiger charge is 2.29. The predicted octanol–water partition coefficient (Wildman–Crippen LogP) is 3.67. The van der Waals surface area contributed by atoms with Crippen LogP contribution < -0.4 is 0 Å². The Morgan fingerprint density at radius 3 is 3.07 bits per heavy atom. The quantitative estimate of drug-likeness (QED) is 0.752. The Morgan fingerprint density at radius 2 is 2.26 bits per heavy atom. The van der Waals surface area contributed by atoms with E-state index in [4.69, 9.17) is 0 Å². The van der Waals surface area contributed by atoms with E-state index in [0.717, 1.165) is 49.2 Å². The van der Waals surface area contributed by atoms with Gasteiger partial charge < -0.3 is 9.47 Å². The molecule has 1 aliphatic heterocycles. The van der Waals surface area contributed by atoms with Crippen molar-refractivity contribution in [2.24, 2.45) is 0 Å². The van der Waals surface area contributed by atoms with Crippen LogP contribution in [-0.4, -0.2) is 43.1 Å². The molecule has 1 saturated heterocycles. The highest BCUT2D eigenvalue weighted by atomic mass is 16.2. The third kappa shape index (κ3) is 3.79. The molecular formula is C21H25N5O. The molecular weight excluding hydrogens is 338 g/mol. The van der Waals surface area contributed by atoms with Crippen LogP contribution in [0.4, 0.5) is 0 Å². The van der Waals surface area contributed by atoms with E-state index in [-0.39, 0.29) is 11.9 Å². The Labute approximate surface area is 159 Å². The molecule has 0 spiro atoms. The number of carbonyl (C=O) groups is 1. The molecule has 1 aliphatic rings. The Morgan fingerprint density at radius 1 is 1.33 bits per heavy atom. The molecule has 0 saturated carbocycles. The minimum absolute atomic E-state index is 0.0792. The van der Waals surface area contributed by atoms with Gasteiger partial charge in [-0.05, 0) is 38.7 Å². The molecule has 6 nitrogen and oxygen atoms in total. The summed E-state index contributed by atoms with van der Waals surface area (Å²) in [4.78, 5) is 19.5. The van der Waals surface area contributed by atoms with E-state index in [0.29, 0.717) is 5.56 Å². The lowest BCUT2D eigenvalue weighted by Gasteiger charge is -2.36. The molecule has 4 rings (SSSR count). The minimum Gasteiger partial charge on any atom is -0.337 e. The van der Waals surface area contributed by atoms with Gasteiger partial charge in [0.2, 0.25) is 0 Å². The van der Waals surface area contributed by atoms with Crippen LogP contribution in [-0.2, 0) is 6.54 Å². The van der Waals surface area contributed by atoms with Gasteiger partial charge in [0.15, 0.2) is 0 Å². The zero-order valence-electron chi connectivity index (χ0n) is 15.6. The first-order valence-electron chi connectivity index (χ1n) is 9.59. The molecule has 140 valence electrons. The van der Waals surface area contributed by atoms with Gasteiger partial charge in [-0.15, -0.1) is 0 Å². The number of rotatable bonds is 5. The van der Waals surface area contributed by atoms with Crippen LogP contribution in [0.1, 0.15) is 41.6 Å². The molecule has 1 fully saturated rings. The third-order valence-electron chi connectivity index (χ3n) is 5.34. The van der Waals surface area contributed by atoms with Gasteiger partial charge in [-0.25, -0.2) is 4.98 Å². The number of aromatic amines is 1. The van der Waals surface area contributed by atoms with E-state index >= 15 is 0 Å². The number of H-pyrrole nitrogens is 1. The number of likely N-dealkylation sites (tertiary alicyclic amines) is 1. The molecule has 3 heterocycles. The summed E-state index contributed by atoms with van der Waals surface area (Å²) < 4.78 is 2.08. The highest BCUT2D eigenvalue weighted by molar-refractivity contribution is 6.00. The van der Waals surface area contributed by atoms with E-state index in [2.05, 4.69) is 38.8 Å². The van der Waals surface area contributed by atoms with Gasteiger partial charge >= 0.3 is 0 Å². The first-order chi connectivity index (χ1) is 13.2. The fraction of sp³-hybridized carbons (Fsp3) is 0.381. The molecule has 1 atom stereocenters. The first kappa shape index (κ1) is 17.5. The van der Waals surface area contributed by atoms with E-state index in [9.17, 15) is 4.79 Å². The van der Waals surface area contributed by atoms with Gasteiger partial charge in [-0.3, -0.25) is 9.89 Å². The van der Waals surface area contributed by atoms with Gasteiger partial charge in [-0.2, -0.15) is 5.10 Å². The maximum atomic E-state index is 13.4. The summed E-state index contributed by atoms with van der Waals surface area (Å²) in [6.07, 6.45) is 11.5. The maximum Gasteiger partial charge on any atom is 0.257 e. The normalized spacial score (nSPS) is 17.2. The number of hydrogen-bond donors (Lipinski definition) is 1. The van der Waals surface area contributed by atoms with Gasteiger partial charge in [0.25, 0.3) is 5.91 Å². The second kappa shape index (κ2) is 7.78. The molecule has 1 N–H and O–H groups in total. The molecule has 3 aromatic rings. The van der Waals surface area contributed by atoms with Crippen molar-refractivity contribution < 1.29 is 4.79 Å². The average molecular weight is 363 g/mol. The van der Waals surface area contributed by atoms with Crippen molar-refractivity contribution in [1.82, 2.24) is 24.6 Å². The number of nitrogens with one attached hydrogen (secondary N) is 1. The van der Waals surface area contributed by atoms with Crippen molar-refractivity contribution in [1.29, 1.82) is 0 Å².